The summed E-state index contributed by atoms with van der Waals surface area (Å²) in [5.41, 5.74) is 2.68. The Balaban J connectivity index is 3.14. The van der Waals surface area contributed by atoms with Crippen LogP contribution in [-0.2, 0) is 0 Å². The summed E-state index contributed by atoms with van der Waals surface area (Å²) in [5, 5.41) is 2.66. The Kier molecular flexibility index (Phi) is 4.58. The van der Waals surface area contributed by atoms with E-state index in [4.69, 9.17) is 11.6 Å². The summed E-state index contributed by atoms with van der Waals surface area (Å²) in [4.78, 5) is 9.88. The molecule has 6 heteroatoms. The first-order chi connectivity index (χ1) is 7.45. The van der Waals surface area contributed by atoms with Gasteiger partial charge in [0.2, 0.25) is 0 Å². The van der Waals surface area contributed by atoms with Gasteiger partial charge >= 0.3 is 3.93 Å². The van der Waals surface area contributed by atoms with E-state index in [-0.39, 0.29) is 10.6 Å². The zero-order valence-corrected chi connectivity index (χ0v) is 10.7. The van der Waals surface area contributed by atoms with Gasteiger partial charge in [-0.05, 0) is 17.3 Å². The maximum absolute atomic E-state index is 13.0. The van der Waals surface area contributed by atoms with E-state index < -0.39 is 3.93 Å². The monoisotopic (exact) mass is 355 g/mol. The molecule has 0 aromatic heterocycles. The molecular formula is C10H5ClF2INO. The van der Waals surface area contributed by atoms with Crippen LogP contribution >= 0.6 is 34.2 Å². The number of allylic oxidation sites excluding steroid dienone is 6. The predicted molar refractivity (Wildman–Crippen MR) is 67.5 cm³/mol. The Morgan fingerprint density at radius 2 is 2.19 bits per heavy atom. The van der Waals surface area contributed by atoms with E-state index in [1.807, 2.05) is 0 Å². The number of nitrogens with zero attached hydrogens (tertiary/aromatic N) is 1. The summed E-state index contributed by atoms with van der Waals surface area (Å²) in [6.07, 6.45) is 6.01. The highest BCUT2D eigenvalue weighted by atomic mass is 127. The van der Waals surface area contributed by atoms with Crippen molar-refractivity contribution in [2.24, 2.45) is 5.18 Å². The van der Waals surface area contributed by atoms with Crippen LogP contribution in [0, 0.1) is 4.91 Å². The van der Waals surface area contributed by atoms with Crippen molar-refractivity contribution in [2.75, 3.05) is 0 Å². The van der Waals surface area contributed by atoms with Crippen LogP contribution in [0.3, 0.4) is 0 Å². The van der Waals surface area contributed by atoms with Gasteiger partial charge in [0.15, 0.2) is 0 Å². The summed E-state index contributed by atoms with van der Waals surface area (Å²) < 4.78 is 23.0. The second-order valence-corrected chi connectivity index (χ2v) is 4.50. The second-order valence-electron chi connectivity index (χ2n) is 2.77. The Hall–Kier alpha value is -0.780. The summed E-state index contributed by atoms with van der Waals surface area (Å²) in [5.74, 6) is 0. The van der Waals surface area contributed by atoms with Crippen molar-refractivity contribution in [1.82, 2.24) is 0 Å². The number of nitroso groups, excluding NO2 is 1. The smallest absolute Gasteiger partial charge is 0.189 e. The van der Waals surface area contributed by atoms with Crippen molar-refractivity contribution in [3.63, 3.8) is 0 Å². The zero-order valence-electron chi connectivity index (χ0n) is 7.75. The average molecular weight is 356 g/mol. The van der Waals surface area contributed by atoms with E-state index in [2.05, 4.69) is 10.9 Å². The normalized spacial score (nSPS) is 16.6. The van der Waals surface area contributed by atoms with Crippen molar-refractivity contribution in [2.45, 2.75) is 3.93 Å². The molecule has 0 atom stereocenters. The fourth-order valence-electron chi connectivity index (χ4n) is 0.941. The van der Waals surface area contributed by atoms with E-state index in [1.54, 1.807) is 0 Å². The molecule has 1 rings (SSSR count). The van der Waals surface area contributed by atoms with Crippen LogP contribution in [0.15, 0.2) is 57.6 Å². The van der Waals surface area contributed by atoms with E-state index >= 15 is 0 Å². The molecule has 16 heavy (non-hydrogen) atoms. The lowest BCUT2D eigenvalue weighted by molar-refractivity contribution is 0.173. The SMILES string of the molecule is O=N/C=C/C1=CC=C(C(F)(F)I)C=C=C1Cl. The molecule has 0 saturated heterocycles. The summed E-state index contributed by atoms with van der Waals surface area (Å²) in [7, 11) is 0. The molecule has 0 spiro atoms. The van der Waals surface area contributed by atoms with Crippen LogP contribution < -0.4 is 0 Å². The van der Waals surface area contributed by atoms with Crippen LogP contribution in [0.2, 0.25) is 0 Å². The maximum atomic E-state index is 13.0. The molecule has 0 aromatic rings. The Bertz CT molecular complexity index is 454. The predicted octanol–water partition coefficient (Wildman–Crippen LogP) is 4.44. The number of rotatable bonds is 3. The molecule has 0 radical (unpaired) electrons. The third-order valence-electron chi connectivity index (χ3n) is 1.69. The van der Waals surface area contributed by atoms with E-state index in [0.29, 0.717) is 5.57 Å². The lowest BCUT2D eigenvalue weighted by Gasteiger charge is -2.06. The topological polar surface area (TPSA) is 29.4 Å². The van der Waals surface area contributed by atoms with Crippen molar-refractivity contribution < 1.29 is 8.78 Å². The number of hydrogen-bond acceptors (Lipinski definition) is 2. The largest absolute Gasteiger partial charge is 0.322 e. The summed E-state index contributed by atoms with van der Waals surface area (Å²) in [6, 6.07) is 0. The molecule has 2 nitrogen and oxygen atoms in total. The molecule has 0 bridgehead atoms. The lowest BCUT2D eigenvalue weighted by atomic mass is 10.2. The molecule has 0 aliphatic heterocycles. The fourth-order valence-corrected chi connectivity index (χ4v) is 1.46. The molecule has 0 amide bonds. The first kappa shape index (κ1) is 13.3. The van der Waals surface area contributed by atoms with Crippen molar-refractivity contribution in [3.05, 3.63) is 57.3 Å². The van der Waals surface area contributed by atoms with Gasteiger partial charge in [-0.1, -0.05) is 29.5 Å². The third-order valence-corrected chi connectivity index (χ3v) is 2.64. The van der Waals surface area contributed by atoms with Gasteiger partial charge in [-0.3, -0.25) is 0 Å². The minimum absolute atomic E-state index is 0.145. The van der Waals surface area contributed by atoms with Crippen molar-refractivity contribution in [3.8, 4) is 0 Å². The van der Waals surface area contributed by atoms with Gasteiger partial charge in [0.05, 0.1) is 11.2 Å². The molecule has 1 aliphatic rings. The van der Waals surface area contributed by atoms with Crippen LogP contribution in [0.25, 0.3) is 0 Å². The van der Waals surface area contributed by atoms with E-state index in [9.17, 15) is 13.7 Å². The summed E-state index contributed by atoms with van der Waals surface area (Å²) in [6.45, 7) is 0. The second kappa shape index (κ2) is 5.52. The quantitative estimate of drug-likeness (QED) is 0.318. The summed E-state index contributed by atoms with van der Waals surface area (Å²) >= 11 is 6.78. The van der Waals surface area contributed by atoms with Gasteiger partial charge < -0.3 is 0 Å². The molecule has 0 saturated carbocycles. The molecule has 0 N–H and O–H groups in total. The zero-order chi connectivity index (χ0) is 12.2. The van der Waals surface area contributed by atoms with Crippen molar-refractivity contribution in [1.29, 1.82) is 0 Å². The van der Waals surface area contributed by atoms with Gasteiger partial charge in [-0.15, -0.1) is 4.91 Å². The van der Waals surface area contributed by atoms with Crippen molar-refractivity contribution >= 4 is 34.2 Å². The van der Waals surface area contributed by atoms with Crippen LogP contribution in [-0.4, -0.2) is 3.93 Å². The van der Waals surface area contributed by atoms with E-state index in [1.165, 1.54) is 18.2 Å². The highest BCUT2D eigenvalue weighted by Crippen LogP contribution is 2.33. The minimum Gasteiger partial charge on any atom is -0.189 e. The number of alkyl halides is 3. The molecular weight excluding hydrogens is 350 g/mol. The molecule has 0 fully saturated rings. The van der Waals surface area contributed by atoms with Gasteiger partial charge in [0, 0.05) is 33.7 Å². The fraction of sp³-hybridized carbons (Fsp3) is 0.100. The van der Waals surface area contributed by atoms with Gasteiger partial charge in [-0.25, -0.2) is 0 Å². The van der Waals surface area contributed by atoms with E-state index in [0.717, 1.165) is 34.9 Å². The third kappa shape index (κ3) is 3.66. The Morgan fingerprint density at radius 3 is 2.75 bits per heavy atom. The average Bonchev–Trinajstić information content (AvgIpc) is 2.37. The number of halogens is 4. The van der Waals surface area contributed by atoms with Crippen LogP contribution in [0.5, 0.6) is 0 Å². The molecule has 84 valence electrons. The Morgan fingerprint density at radius 1 is 1.50 bits per heavy atom. The standard InChI is InChI=1S/C10H5ClF2INO/c11-9-4-3-8(10(12,13)14)2-1-7(9)5-6-15-16/h1-3,5-6H/b6-5+. The molecule has 0 unspecified atom stereocenters. The van der Waals surface area contributed by atoms with Gasteiger partial charge in [0.1, 0.15) is 0 Å². The first-order valence-corrected chi connectivity index (χ1v) is 5.51. The molecule has 0 aromatic carbocycles. The first-order valence-electron chi connectivity index (χ1n) is 4.06. The lowest BCUT2D eigenvalue weighted by Crippen LogP contribution is -2.06. The van der Waals surface area contributed by atoms with Crippen LogP contribution in [0.4, 0.5) is 8.78 Å². The Labute approximate surface area is 109 Å². The van der Waals surface area contributed by atoms with Crippen LogP contribution in [0.1, 0.15) is 0 Å². The maximum Gasteiger partial charge on any atom is 0.322 e. The van der Waals surface area contributed by atoms with Gasteiger partial charge in [0.25, 0.3) is 0 Å². The van der Waals surface area contributed by atoms with Gasteiger partial charge in [-0.2, -0.15) is 8.78 Å². The highest BCUT2D eigenvalue weighted by Gasteiger charge is 2.28. The number of hydrogen-bond donors (Lipinski definition) is 0. The minimum atomic E-state index is -2.99. The highest BCUT2D eigenvalue weighted by molar-refractivity contribution is 14.1. The molecule has 0 heterocycles. The molecule has 1 aliphatic carbocycles.